The topological polar surface area (TPSA) is 12.0 Å². The SMILES string of the molecule is CC1CCCC2(CCNCC2C)C1C. The number of rotatable bonds is 0. The number of hydrogen-bond acceptors (Lipinski definition) is 1. The van der Waals surface area contributed by atoms with Crippen molar-refractivity contribution in [2.75, 3.05) is 13.1 Å². The summed E-state index contributed by atoms with van der Waals surface area (Å²) in [6, 6.07) is 0. The lowest BCUT2D eigenvalue weighted by atomic mass is 9.55. The fourth-order valence-electron chi connectivity index (χ4n) is 3.93. The van der Waals surface area contributed by atoms with Crippen LogP contribution >= 0.6 is 0 Å². The summed E-state index contributed by atoms with van der Waals surface area (Å²) in [4.78, 5) is 0. The molecule has 1 heteroatoms. The second kappa shape index (κ2) is 3.84. The minimum Gasteiger partial charge on any atom is -0.316 e. The normalized spacial score (nSPS) is 49.5. The zero-order chi connectivity index (χ0) is 10.2. The molecule has 2 rings (SSSR count). The fraction of sp³-hybridized carbons (Fsp3) is 1.00. The molecule has 14 heavy (non-hydrogen) atoms. The van der Waals surface area contributed by atoms with Gasteiger partial charge in [0.15, 0.2) is 0 Å². The maximum absolute atomic E-state index is 3.54. The Labute approximate surface area is 88.7 Å². The van der Waals surface area contributed by atoms with Gasteiger partial charge in [-0.15, -0.1) is 0 Å². The van der Waals surface area contributed by atoms with E-state index < -0.39 is 0 Å². The van der Waals surface area contributed by atoms with Gasteiger partial charge in [0, 0.05) is 0 Å². The molecule has 0 radical (unpaired) electrons. The van der Waals surface area contributed by atoms with Crippen LogP contribution in [0, 0.1) is 23.2 Å². The summed E-state index contributed by atoms with van der Waals surface area (Å²) in [7, 11) is 0. The molecule has 1 aliphatic heterocycles. The highest BCUT2D eigenvalue weighted by Crippen LogP contribution is 2.52. The van der Waals surface area contributed by atoms with Gasteiger partial charge < -0.3 is 5.32 Å². The average molecular weight is 195 g/mol. The fourth-order valence-corrected chi connectivity index (χ4v) is 3.93. The zero-order valence-electron chi connectivity index (χ0n) is 9.97. The van der Waals surface area contributed by atoms with Gasteiger partial charge in [0.25, 0.3) is 0 Å². The smallest absolute Gasteiger partial charge is 0.00177 e. The maximum atomic E-state index is 3.54. The van der Waals surface area contributed by atoms with Gasteiger partial charge in [-0.2, -0.15) is 0 Å². The van der Waals surface area contributed by atoms with Gasteiger partial charge in [-0.05, 0) is 49.1 Å². The maximum Gasteiger partial charge on any atom is -0.00177 e. The van der Waals surface area contributed by atoms with Crippen LogP contribution in [0.1, 0.15) is 46.5 Å². The molecule has 1 saturated heterocycles. The minimum atomic E-state index is 0.683. The molecule has 1 aliphatic carbocycles. The lowest BCUT2D eigenvalue weighted by molar-refractivity contribution is -0.0150. The Kier molecular flexibility index (Phi) is 2.88. The van der Waals surface area contributed by atoms with Gasteiger partial charge >= 0.3 is 0 Å². The van der Waals surface area contributed by atoms with Gasteiger partial charge in [-0.3, -0.25) is 0 Å². The van der Waals surface area contributed by atoms with Crippen LogP contribution < -0.4 is 5.32 Å². The Morgan fingerprint density at radius 3 is 2.64 bits per heavy atom. The summed E-state index contributed by atoms with van der Waals surface area (Å²) in [6.45, 7) is 9.92. The monoisotopic (exact) mass is 195 g/mol. The predicted molar refractivity (Wildman–Crippen MR) is 61.3 cm³/mol. The summed E-state index contributed by atoms with van der Waals surface area (Å²) < 4.78 is 0. The van der Waals surface area contributed by atoms with E-state index in [1.165, 1.54) is 38.8 Å². The lowest BCUT2D eigenvalue weighted by Gasteiger charge is -2.52. The molecular weight excluding hydrogens is 170 g/mol. The third-order valence-electron chi connectivity index (χ3n) is 5.26. The first-order chi connectivity index (χ1) is 6.67. The highest BCUT2D eigenvalue weighted by atomic mass is 14.9. The Bertz CT molecular complexity index is 197. The molecule has 1 N–H and O–H groups in total. The van der Waals surface area contributed by atoms with Crippen molar-refractivity contribution in [3.8, 4) is 0 Å². The minimum absolute atomic E-state index is 0.683. The number of piperidine rings is 1. The molecule has 2 aliphatic rings. The average Bonchev–Trinajstić information content (AvgIpc) is 2.18. The van der Waals surface area contributed by atoms with Crippen LogP contribution in [-0.2, 0) is 0 Å². The van der Waals surface area contributed by atoms with Crippen LogP contribution in [0.5, 0.6) is 0 Å². The molecule has 1 nitrogen and oxygen atoms in total. The Balaban J connectivity index is 2.18. The van der Waals surface area contributed by atoms with Crippen molar-refractivity contribution in [2.24, 2.45) is 23.2 Å². The summed E-state index contributed by atoms with van der Waals surface area (Å²) in [5, 5.41) is 3.54. The van der Waals surface area contributed by atoms with Crippen molar-refractivity contribution >= 4 is 0 Å². The molecule has 0 bridgehead atoms. The van der Waals surface area contributed by atoms with Crippen molar-refractivity contribution in [3.05, 3.63) is 0 Å². The van der Waals surface area contributed by atoms with Crippen molar-refractivity contribution < 1.29 is 0 Å². The van der Waals surface area contributed by atoms with E-state index in [9.17, 15) is 0 Å². The second-order valence-corrected chi connectivity index (χ2v) is 5.75. The molecule has 1 saturated carbocycles. The molecule has 4 unspecified atom stereocenters. The third kappa shape index (κ3) is 1.50. The largest absolute Gasteiger partial charge is 0.316 e. The van der Waals surface area contributed by atoms with Gasteiger partial charge in [0.2, 0.25) is 0 Å². The lowest BCUT2D eigenvalue weighted by Crippen LogP contribution is -2.50. The van der Waals surface area contributed by atoms with Gasteiger partial charge in [0.1, 0.15) is 0 Å². The Hall–Kier alpha value is -0.0400. The van der Waals surface area contributed by atoms with Gasteiger partial charge in [0.05, 0.1) is 0 Å². The van der Waals surface area contributed by atoms with Crippen LogP contribution in [0.2, 0.25) is 0 Å². The van der Waals surface area contributed by atoms with E-state index in [4.69, 9.17) is 0 Å². The van der Waals surface area contributed by atoms with Crippen molar-refractivity contribution in [2.45, 2.75) is 46.5 Å². The van der Waals surface area contributed by atoms with Crippen LogP contribution in [0.25, 0.3) is 0 Å². The molecule has 1 heterocycles. The van der Waals surface area contributed by atoms with Crippen LogP contribution in [-0.4, -0.2) is 13.1 Å². The van der Waals surface area contributed by atoms with Gasteiger partial charge in [-0.1, -0.05) is 33.6 Å². The molecule has 0 aromatic rings. The molecule has 0 amide bonds. The summed E-state index contributed by atoms with van der Waals surface area (Å²) in [5.41, 5.74) is 0.683. The van der Waals surface area contributed by atoms with Crippen LogP contribution in [0.15, 0.2) is 0 Å². The standard InChI is InChI=1S/C13H25N/c1-10-5-4-6-13(12(10)3)7-8-14-9-11(13)2/h10-12,14H,4-9H2,1-3H3. The number of hydrogen-bond donors (Lipinski definition) is 1. The third-order valence-corrected chi connectivity index (χ3v) is 5.26. The first-order valence-electron chi connectivity index (χ1n) is 6.37. The van der Waals surface area contributed by atoms with Crippen molar-refractivity contribution in [1.29, 1.82) is 0 Å². The quantitative estimate of drug-likeness (QED) is 0.626. The molecule has 0 aromatic carbocycles. The highest BCUT2D eigenvalue weighted by molar-refractivity contribution is 4.97. The summed E-state index contributed by atoms with van der Waals surface area (Å²) >= 11 is 0. The van der Waals surface area contributed by atoms with Crippen LogP contribution in [0.4, 0.5) is 0 Å². The molecule has 0 aromatic heterocycles. The first-order valence-corrected chi connectivity index (χ1v) is 6.37. The second-order valence-electron chi connectivity index (χ2n) is 5.75. The van der Waals surface area contributed by atoms with E-state index in [-0.39, 0.29) is 0 Å². The Morgan fingerprint density at radius 2 is 1.93 bits per heavy atom. The van der Waals surface area contributed by atoms with Crippen molar-refractivity contribution in [1.82, 2.24) is 5.32 Å². The zero-order valence-corrected chi connectivity index (χ0v) is 9.97. The first kappa shape index (κ1) is 10.5. The summed E-state index contributed by atoms with van der Waals surface area (Å²) in [6.07, 6.45) is 5.83. The van der Waals surface area contributed by atoms with E-state index >= 15 is 0 Å². The van der Waals surface area contributed by atoms with E-state index in [0.717, 1.165) is 17.8 Å². The summed E-state index contributed by atoms with van der Waals surface area (Å²) in [5.74, 6) is 2.77. The van der Waals surface area contributed by atoms with E-state index in [1.54, 1.807) is 0 Å². The van der Waals surface area contributed by atoms with E-state index in [1.807, 2.05) is 0 Å². The molecular formula is C13H25N. The molecule has 82 valence electrons. The molecule has 1 spiro atoms. The highest BCUT2D eigenvalue weighted by Gasteiger charge is 2.45. The van der Waals surface area contributed by atoms with Crippen LogP contribution in [0.3, 0.4) is 0 Å². The van der Waals surface area contributed by atoms with E-state index in [0.29, 0.717) is 5.41 Å². The molecule has 4 atom stereocenters. The number of nitrogens with one attached hydrogen (secondary N) is 1. The van der Waals surface area contributed by atoms with E-state index in [2.05, 4.69) is 26.1 Å². The van der Waals surface area contributed by atoms with Gasteiger partial charge in [-0.25, -0.2) is 0 Å². The Morgan fingerprint density at radius 1 is 1.14 bits per heavy atom. The van der Waals surface area contributed by atoms with Crippen molar-refractivity contribution in [3.63, 3.8) is 0 Å². The molecule has 2 fully saturated rings. The predicted octanol–water partition coefficient (Wildman–Crippen LogP) is 3.06.